The Kier molecular flexibility index (Phi) is 5.74. The Hall–Kier alpha value is -7.17. The minimum Gasteiger partial charge on any atom is -0.455 e. The van der Waals surface area contributed by atoms with E-state index in [2.05, 4.69) is 162 Å². The minimum atomic E-state index is 0.582. The van der Waals surface area contributed by atoms with Gasteiger partial charge in [-0.1, -0.05) is 127 Å². The second-order valence-corrected chi connectivity index (χ2v) is 13.9. The molecule has 0 fully saturated rings. The Morgan fingerprint density at radius 1 is 0.415 bits per heavy atom. The molecular formula is C49H28N2O2. The molecule has 4 heteroatoms. The van der Waals surface area contributed by atoms with Crippen molar-refractivity contribution in [1.82, 2.24) is 9.55 Å². The van der Waals surface area contributed by atoms with Crippen LogP contribution in [0.3, 0.4) is 0 Å². The summed E-state index contributed by atoms with van der Waals surface area (Å²) in [4.78, 5) is 5.26. The molecule has 0 aliphatic rings. The summed E-state index contributed by atoms with van der Waals surface area (Å²) in [6, 6.07) is 60.1. The number of oxazole rings is 1. The Morgan fingerprint density at radius 3 is 2.00 bits per heavy atom. The molecule has 3 heterocycles. The van der Waals surface area contributed by atoms with Crippen LogP contribution in [0.4, 0.5) is 0 Å². The van der Waals surface area contributed by atoms with E-state index < -0.39 is 0 Å². The lowest BCUT2D eigenvalue weighted by molar-refractivity contribution is 0.620. The van der Waals surface area contributed by atoms with Crippen LogP contribution in [0.2, 0.25) is 0 Å². The summed E-state index contributed by atoms with van der Waals surface area (Å²) in [6.45, 7) is 0. The van der Waals surface area contributed by atoms with E-state index in [1.165, 1.54) is 43.4 Å². The van der Waals surface area contributed by atoms with Gasteiger partial charge in [-0.25, -0.2) is 4.98 Å². The highest BCUT2D eigenvalue weighted by Crippen LogP contribution is 2.44. The minimum absolute atomic E-state index is 0.582. The van der Waals surface area contributed by atoms with E-state index in [0.717, 1.165) is 66.2 Å². The van der Waals surface area contributed by atoms with E-state index in [4.69, 9.17) is 13.8 Å². The summed E-state index contributed by atoms with van der Waals surface area (Å²) in [5, 5.41) is 11.6. The van der Waals surface area contributed by atoms with Crippen molar-refractivity contribution in [1.29, 1.82) is 0 Å². The molecule has 12 aromatic rings. The zero-order valence-electron chi connectivity index (χ0n) is 28.4. The number of fused-ring (bicyclic) bond motifs is 12. The molecule has 9 aromatic carbocycles. The average molecular weight is 677 g/mol. The predicted molar refractivity (Wildman–Crippen MR) is 219 cm³/mol. The second-order valence-electron chi connectivity index (χ2n) is 13.9. The number of rotatable bonds is 3. The Bertz CT molecular complexity index is 3470. The fourth-order valence-electron chi connectivity index (χ4n) is 8.63. The topological polar surface area (TPSA) is 44.1 Å². The molecule has 0 saturated carbocycles. The number of hydrogen-bond acceptors (Lipinski definition) is 3. The maximum Gasteiger partial charge on any atom is 0.227 e. The van der Waals surface area contributed by atoms with Gasteiger partial charge in [0.15, 0.2) is 5.58 Å². The van der Waals surface area contributed by atoms with Gasteiger partial charge in [0, 0.05) is 32.7 Å². The van der Waals surface area contributed by atoms with Crippen molar-refractivity contribution in [3.8, 4) is 28.3 Å². The van der Waals surface area contributed by atoms with Crippen molar-refractivity contribution in [2.24, 2.45) is 0 Å². The van der Waals surface area contributed by atoms with Gasteiger partial charge in [0.25, 0.3) is 0 Å². The van der Waals surface area contributed by atoms with Gasteiger partial charge in [0.05, 0.1) is 22.1 Å². The van der Waals surface area contributed by atoms with Crippen LogP contribution in [0.1, 0.15) is 0 Å². The first-order chi connectivity index (χ1) is 26.3. The smallest absolute Gasteiger partial charge is 0.227 e. The summed E-state index contributed by atoms with van der Waals surface area (Å²) in [5.74, 6) is 0.582. The molecule has 0 bridgehead atoms. The molecule has 0 N–H and O–H groups in total. The van der Waals surface area contributed by atoms with Gasteiger partial charge in [-0.15, -0.1) is 0 Å². The van der Waals surface area contributed by atoms with Gasteiger partial charge in [-0.2, -0.15) is 0 Å². The first kappa shape index (κ1) is 28.5. The summed E-state index contributed by atoms with van der Waals surface area (Å²) >= 11 is 0. The third-order valence-electron chi connectivity index (χ3n) is 11.0. The molecule has 0 unspecified atom stereocenters. The van der Waals surface area contributed by atoms with Gasteiger partial charge >= 0.3 is 0 Å². The van der Waals surface area contributed by atoms with E-state index in [1.54, 1.807) is 0 Å². The molecule has 0 aliphatic carbocycles. The van der Waals surface area contributed by atoms with E-state index in [1.807, 2.05) is 12.1 Å². The Morgan fingerprint density at radius 2 is 1.11 bits per heavy atom. The van der Waals surface area contributed by atoms with E-state index in [9.17, 15) is 0 Å². The van der Waals surface area contributed by atoms with Gasteiger partial charge in [-0.05, 0) is 75.0 Å². The summed E-state index contributed by atoms with van der Waals surface area (Å²) in [6.07, 6.45) is 0. The molecule has 0 radical (unpaired) electrons. The predicted octanol–water partition coefficient (Wildman–Crippen LogP) is 13.6. The Labute approximate surface area is 302 Å². The van der Waals surface area contributed by atoms with Crippen molar-refractivity contribution < 1.29 is 8.83 Å². The number of para-hydroxylation sites is 2. The first-order valence-corrected chi connectivity index (χ1v) is 18.0. The largest absolute Gasteiger partial charge is 0.455 e. The van der Waals surface area contributed by atoms with E-state index >= 15 is 0 Å². The number of aromatic nitrogens is 2. The van der Waals surface area contributed by atoms with Crippen LogP contribution in [0.5, 0.6) is 0 Å². The fraction of sp³-hybridized carbons (Fsp3) is 0. The van der Waals surface area contributed by atoms with Crippen LogP contribution in [0.15, 0.2) is 179 Å². The molecule has 0 aliphatic heterocycles. The normalized spacial score (nSPS) is 12.2. The average Bonchev–Trinajstić information content (AvgIpc) is 3.92. The lowest BCUT2D eigenvalue weighted by atomic mass is 9.98. The van der Waals surface area contributed by atoms with Gasteiger partial charge < -0.3 is 13.4 Å². The summed E-state index contributed by atoms with van der Waals surface area (Å²) < 4.78 is 15.8. The highest BCUT2D eigenvalue weighted by molar-refractivity contribution is 6.23. The molecule has 0 saturated heterocycles. The molecule has 246 valence electrons. The molecule has 0 spiro atoms. The van der Waals surface area contributed by atoms with Crippen LogP contribution in [0.25, 0.3) is 115 Å². The van der Waals surface area contributed by atoms with Crippen LogP contribution in [-0.4, -0.2) is 9.55 Å². The van der Waals surface area contributed by atoms with Gasteiger partial charge in [0.1, 0.15) is 16.7 Å². The van der Waals surface area contributed by atoms with Crippen molar-refractivity contribution in [2.75, 3.05) is 0 Å². The standard InChI is InChI=1S/C49H28N2O2/c1-2-13-31-27-32(22-21-29(31)11-1)39-28-44-47(46-38-18-8-10-20-43(38)52-48(39)46)50-49(53-44)36-24-26-41(35-16-6-5-15-34(35)36)51-40-19-9-7-17-37(40)45-33-14-4-3-12-30(33)23-25-42(45)51/h1-28H. The molecular weight excluding hydrogens is 649 g/mol. The van der Waals surface area contributed by atoms with Crippen LogP contribution >= 0.6 is 0 Å². The molecule has 0 amide bonds. The highest BCUT2D eigenvalue weighted by Gasteiger charge is 2.23. The van der Waals surface area contributed by atoms with Crippen LogP contribution in [0, 0.1) is 0 Å². The zero-order chi connectivity index (χ0) is 34.6. The van der Waals surface area contributed by atoms with Crippen LogP contribution < -0.4 is 0 Å². The van der Waals surface area contributed by atoms with E-state index in [-0.39, 0.29) is 0 Å². The molecule has 12 rings (SSSR count). The van der Waals surface area contributed by atoms with Crippen molar-refractivity contribution in [3.63, 3.8) is 0 Å². The molecule has 53 heavy (non-hydrogen) atoms. The number of benzene rings is 9. The second kappa shape index (κ2) is 10.7. The van der Waals surface area contributed by atoms with Gasteiger partial charge in [0.2, 0.25) is 5.89 Å². The number of nitrogens with zero attached hydrogens (tertiary/aromatic N) is 2. The quantitative estimate of drug-likeness (QED) is 0.187. The summed E-state index contributed by atoms with van der Waals surface area (Å²) in [5.41, 5.74) is 9.63. The van der Waals surface area contributed by atoms with Crippen molar-refractivity contribution in [3.05, 3.63) is 170 Å². The van der Waals surface area contributed by atoms with Crippen LogP contribution in [-0.2, 0) is 0 Å². The zero-order valence-corrected chi connectivity index (χ0v) is 28.4. The maximum absolute atomic E-state index is 6.80. The lowest BCUT2D eigenvalue weighted by Crippen LogP contribution is -1.96. The maximum atomic E-state index is 6.80. The number of furan rings is 1. The van der Waals surface area contributed by atoms with Crippen molar-refractivity contribution >= 4 is 87.2 Å². The first-order valence-electron chi connectivity index (χ1n) is 18.0. The molecule has 0 atom stereocenters. The van der Waals surface area contributed by atoms with Gasteiger partial charge in [-0.3, -0.25) is 0 Å². The Balaban J connectivity index is 1.11. The van der Waals surface area contributed by atoms with Crippen molar-refractivity contribution in [2.45, 2.75) is 0 Å². The van der Waals surface area contributed by atoms with E-state index in [0.29, 0.717) is 5.89 Å². The lowest BCUT2D eigenvalue weighted by Gasteiger charge is -2.13. The molecule has 3 aromatic heterocycles. The third-order valence-corrected chi connectivity index (χ3v) is 11.0. The number of hydrogen-bond donors (Lipinski definition) is 0. The molecule has 4 nitrogen and oxygen atoms in total. The SMILES string of the molecule is c1ccc2cc(-c3cc4oc(-c5ccc(-n6c7ccccc7c7c8ccccc8ccc76)c6ccccc56)nc4c4c3oc3ccccc34)ccc2c1. The summed E-state index contributed by atoms with van der Waals surface area (Å²) in [7, 11) is 0. The fourth-order valence-corrected chi connectivity index (χ4v) is 8.63. The monoisotopic (exact) mass is 676 g/mol. The third kappa shape index (κ3) is 4.03. The highest BCUT2D eigenvalue weighted by atomic mass is 16.4.